The van der Waals surface area contributed by atoms with Crippen LogP contribution in [0.15, 0.2) is 0 Å². The monoisotopic (exact) mass is 230 g/mol. The molecule has 5 heteroatoms. The second kappa shape index (κ2) is 6.70. The third-order valence-electron chi connectivity index (χ3n) is 2.62. The van der Waals surface area contributed by atoms with Gasteiger partial charge in [-0.1, -0.05) is 13.3 Å². The van der Waals surface area contributed by atoms with Crippen LogP contribution in [0.1, 0.15) is 26.7 Å². The summed E-state index contributed by atoms with van der Waals surface area (Å²) in [4.78, 5) is 13.5. The van der Waals surface area contributed by atoms with Crippen molar-refractivity contribution in [2.75, 3.05) is 26.2 Å². The Hall–Kier alpha value is -0.810. The van der Waals surface area contributed by atoms with Gasteiger partial charge in [-0.15, -0.1) is 0 Å². The number of hydrogen-bond donors (Lipinski definition) is 2. The van der Waals surface area contributed by atoms with Gasteiger partial charge in [-0.25, -0.2) is 4.79 Å². The number of aliphatic hydroxyl groups is 1. The summed E-state index contributed by atoms with van der Waals surface area (Å²) < 4.78 is 5.47. The first-order valence-corrected chi connectivity index (χ1v) is 5.96. The lowest BCUT2D eigenvalue weighted by Crippen LogP contribution is -2.53. The second-order valence-electron chi connectivity index (χ2n) is 4.24. The molecule has 2 N–H and O–H groups in total. The van der Waals surface area contributed by atoms with Gasteiger partial charge in [0.2, 0.25) is 0 Å². The van der Waals surface area contributed by atoms with Crippen LogP contribution >= 0.6 is 0 Å². The van der Waals surface area contributed by atoms with E-state index in [1.165, 1.54) is 0 Å². The molecule has 2 amide bonds. The lowest BCUT2D eigenvalue weighted by Gasteiger charge is -2.36. The zero-order valence-electron chi connectivity index (χ0n) is 10.1. The second-order valence-corrected chi connectivity index (χ2v) is 4.24. The third kappa shape index (κ3) is 3.98. The van der Waals surface area contributed by atoms with E-state index in [1.807, 2.05) is 6.92 Å². The van der Waals surface area contributed by atoms with Gasteiger partial charge < -0.3 is 20.1 Å². The Morgan fingerprint density at radius 1 is 1.56 bits per heavy atom. The minimum Gasteiger partial charge on any atom is -0.394 e. The van der Waals surface area contributed by atoms with E-state index in [1.54, 1.807) is 4.90 Å². The number of aliphatic hydroxyl groups excluding tert-OH is 1. The van der Waals surface area contributed by atoms with Crippen molar-refractivity contribution in [3.63, 3.8) is 0 Å². The van der Waals surface area contributed by atoms with Crippen LogP contribution < -0.4 is 5.32 Å². The van der Waals surface area contributed by atoms with E-state index >= 15 is 0 Å². The van der Waals surface area contributed by atoms with Gasteiger partial charge in [-0.2, -0.15) is 0 Å². The Labute approximate surface area is 96.8 Å². The molecule has 1 aliphatic heterocycles. The van der Waals surface area contributed by atoms with E-state index in [0.717, 1.165) is 12.8 Å². The molecule has 5 nitrogen and oxygen atoms in total. The van der Waals surface area contributed by atoms with E-state index in [0.29, 0.717) is 19.6 Å². The molecule has 1 fully saturated rings. The van der Waals surface area contributed by atoms with Crippen molar-refractivity contribution in [3.05, 3.63) is 0 Å². The van der Waals surface area contributed by atoms with Crippen molar-refractivity contribution in [1.29, 1.82) is 0 Å². The molecule has 0 bridgehead atoms. The lowest BCUT2D eigenvalue weighted by molar-refractivity contribution is -0.0833. The zero-order chi connectivity index (χ0) is 12.0. The van der Waals surface area contributed by atoms with Gasteiger partial charge in [0.15, 0.2) is 0 Å². The summed E-state index contributed by atoms with van der Waals surface area (Å²) in [5, 5.41) is 11.9. The van der Waals surface area contributed by atoms with Crippen molar-refractivity contribution >= 4 is 6.03 Å². The zero-order valence-corrected chi connectivity index (χ0v) is 10.1. The number of rotatable bonds is 4. The minimum atomic E-state index is -0.249. The fourth-order valence-corrected chi connectivity index (χ4v) is 1.80. The fourth-order valence-electron chi connectivity index (χ4n) is 1.80. The van der Waals surface area contributed by atoms with Crippen molar-refractivity contribution in [2.24, 2.45) is 0 Å². The van der Waals surface area contributed by atoms with E-state index < -0.39 is 0 Å². The number of carbonyl (C=O) groups is 1. The summed E-state index contributed by atoms with van der Waals surface area (Å²) in [6, 6.07) is -0.0537. The maximum Gasteiger partial charge on any atom is 0.317 e. The molecule has 0 spiro atoms. The summed E-state index contributed by atoms with van der Waals surface area (Å²) in [5.74, 6) is 0. The van der Waals surface area contributed by atoms with E-state index in [2.05, 4.69) is 12.2 Å². The van der Waals surface area contributed by atoms with Crippen LogP contribution in [0.2, 0.25) is 0 Å². The summed E-state index contributed by atoms with van der Waals surface area (Å²) in [7, 11) is 0. The van der Waals surface area contributed by atoms with Crippen LogP contribution in [-0.4, -0.2) is 54.5 Å². The smallest absolute Gasteiger partial charge is 0.317 e. The van der Waals surface area contributed by atoms with Gasteiger partial charge in [-0.3, -0.25) is 0 Å². The highest BCUT2D eigenvalue weighted by Gasteiger charge is 2.27. The van der Waals surface area contributed by atoms with Crippen LogP contribution in [-0.2, 0) is 4.74 Å². The molecule has 0 aromatic heterocycles. The largest absolute Gasteiger partial charge is 0.394 e. The molecule has 0 aromatic carbocycles. The van der Waals surface area contributed by atoms with Gasteiger partial charge in [0, 0.05) is 13.1 Å². The van der Waals surface area contributed by atoms with Gasteiger partial charge in [0.1, 0.15) is 0 Å². The molecule has 16 heavy (non-hydrogen) atoms. The number of ether oxygens (including phenoxy) is 1. The Bertz CT molecular complexity index is 223. The molecule has 0 aromatic rings. The van der Waals surface area contributed by atoms with E-state index in [4.69, 9.17) is 9.84 Å². The SMILES string of the molecule is CCCCNC(=O)N1CC(C)OC(CO)C1. The molecule has 1 rings (SSSR count). The van der Waals surface area contributed by atoms with Crippen molar-refractivity contribution in [2.45, 2.75) is 38.9 Å². The predicted octanol–water partition coefficient (Wildman–Crippen LogP) is 0.578. The molecule has 0 saturated carbocycles. The highest BCUT2D eigenvalue weighted by molar-refractivity contribution is 5.74. The third-order valence-corrected chi connectivity index (χ3v) is 2.62. The molecule has 1 heterocycles. The Balaban J connectivity index is 2.36. The molecule has 2 unspecified atom stereocenters. The highest BCUT2D eigenvalue weighted by atomic mass is 16.5. The number of morpholine rings is 1. The number of carbonyl (C=O) groups excluding carboxylic acids is 1. The average Bonchev–Trinajstić information content (AvgIpc) is 2.28. The number of nitrogens with zero attached hydrogens (tertiary/aromatic N) is 1. The molecule has 0 radical (unpaired) electrons. The summed E-state index contributed by atoms with van der Waals surface area (Å²) >= 11 is 0. The van der Waals surface area contributed by atoms with Crippen molar-refractivity contribution < 1.29 is 14.6 Å². The summed E-state index contributed by atoms with van der Waals surface area (Å²) in [6.45, 7) is 5.74. The first-order valence-electron chi connectivity index (χ1n) is 5.96. The number of amides is 2. The maximum absolute atomic E-state index is 11.8. The quantitative estimate of drug-likeness (QED) is 0.694. The molecular weight excluding hydrogens is 208 g/mol. The van der Waals surface area contributed by atoms with Crippen LogP contribution in [0.25, 0.3) is 0 Å². The molecule has 2 atom stereocenters. The van der Waals surface area contributed by atoms with Crippen LogP contribution in [0.4, 0.5) is 4.79 Å². The number of urea groups is 1. The van der Waals surface area contributed by atoms with Gasteiger partial charge in [0.25, 0.3) is 0 Å². The van der Waals surface area contributed by atoms with Gasteiger partial charge >= 0.3 is 6.03 Å². The summed E-state index contributed by atoms with van der Waals surface area (Å²) in [5.41, 5.74) is 0. The highest BCUT2D eigenvalue weighted by Crippen LogP contribution is 2.10. The first-order chi connectivity index (χ1) is 7.67. The van der Waals surface area contributed by atoms with Crippen LogP contribution in [0.3, 0.4) is 0 Å². The average molecular weight is 230 g/mol. The normalized spacial score (nSPS) is 25.6. The molecule has 94 valence electrons. The van der Waals surface area contributed by atoms with Crippen molar-refractivity contribution in [1.82, 2.24) is 10.2 Å². The number of nitrogens with one attached hydrogen (secondary N) is 1. The minimum absolute atomic E-state index is 0.0113. The molecular formula is C11H22N2O3. The standard InChI is InChI=1S/C11H22N2O3/c1-3-4-5-12-11(15)13-6-9(2)16-10(7-13)8-14/h9-10,14H,3-8H2,1-2H3,(H,12,15). The fraction of sp³-hybridized carbons (Fsp3) is 0.909. The maximum atomic E-state index is 11.8. The van der Waals surface area contributed by atoms with Crippen LogP contribution in [0.5, 0.6) is 0 Å². The van der Waals surface area contributed by atoms with E-state index in [9.17, 15) is 4.79 Å². The first kappa shape index (κ1) is 13.3. The topological polar surface area (TPSA) is 61.8 Å². The molecule has 1 saturated heterocycles. The summed E-state index contributed by atoms with van der Waals surface area (Å²) in [6.07, 6.45) is 1.80. The lowest BCUT2D eigenvalue weighted by atomic mass is 10.2. The van der Waals surface area contributed by atoms with E-state index in [-0.39, 0.29) is 24.8 Å². The Morgan fingerprint density at radius 2 is 2.31 bits per heavy atom. The van der Waals surface area contributed by atoms with Gasteiger partial charge in [-0.05, 0) is 13.3 Å². The molecule has 1 aliphatic rings. The molecule has 0 aliphatic carbocycles. The number of hydrogen-bond acceptors (Lipinski definition) is 3. The number of unbranched alkanes of at least 4 members (excludes halogenated alkanes) is 1. The Kier molecular flexibility index (Phi) is 5.55. The van der Waals surface area contributed by atoms with Crippen LogP contribution in [0, 0.1) is 0 Å². The van der Waals surface area contributed by atoms with Gasteiger partial charge in [0.05, 0.1) is 25.4 Å². The predicted molar refractivity (Wildman–Crippen MR) is 61.3 cm³/mol. The van der Waals surface area contributed by atoms with Crippen molar-refractivity contribution in [3.8, 4) is 0 Å². The Morgan fingerprint density at radius 3 is 2.94 bits per heavy atom.